The zero-order valence-electron chi connectivity index (χ0n) is 11.7. The molecule has 1 heterocycles. The maximum Gasteiger partial charge on any atom is 0.119 e. The van der Waals surface area contributed by atoms with Crippen molar-refractivity contribution in [3.63, 3.8) is 0 Å². The van der Waals surface area contributed by atoms with Gasteiger partial charge in [0, 0.05) is 18.1 Å². The highest BCUT2D eigenvalue weighted by Crippen LogP contribution is 2.22. The van der Waals surface area contributed by atoms with E-state index in [9.17, 15) is 5.11 Å². The fraction of sp³-hybridized carbons (Fsp3) is 0.400. The van der Waals surface area contributed by atoms with Gasteiger partial charge in [0.15, 0.2) is 0 Å². The summed E-state index contributed by atoms with van der Waals surface area (Å²) in [5, 5.41) is 16.6. The smallest absolute Gasteiger partial charge is 0.119 e. The number of benzene rings is 1. The Morgan fingerprint density at radius 2 is 2.30 bits per heavy atom. The minimum absolute atomic E-state index is 0.190. The van der Waals surface area contributed by atoms with Crippen molar-refractivity contribution in [1.29, 1.82) is 0 Å². The number of nitrogens with one attached hydrogen (secondary N) is 1. The average molecular weight is 292 g/mol. The van der Waals surface area contributed by atoms with Crippen LogP contribution in [0.4, 0.5) is 0 Å². The van der Waals surface area contributed by atoms with Crippen molar-refractivity contribution in [3.8, 4) is 5.75 Å². The van der Waals surface area contributed by atoms with Crippen molar-refractivity contribution < 1.29 is 9.84 Å². The summed E-state index contributed by atoms with van der Waals surface area (Å²) >= 11 is 1.63. The van der Waals surface area contributed by atoms with Gasteiger partial charge in [0.2, 0.25) is 0 Å². The van der Waals surface area contributed by atoms with Crippen molar-refractivity contribution in [2.75, 3.05) is 13.7 Å². The van der Waals surface area contributed by atoms with Gasteiger partial charge < -0.3 is 15.2 Å². The zero-order chi connectivity index (χ0) is 14.4. The van der Waals surface area contributed by atoms with Crippen LogP contribution in [0.25, 0.3) is 0 Å². The van der Waals surface area contributed by atoms with E-state index < -0.39 is 6.10 Å². The van der Waals surface area contributed by atoms with E-state index in [1.807, 2.05) is 35.8 Å². The first-order valence-corrected chi connectivity index (χ1v) is 7.57. The summed E-state index contributed by atoms with van der Waals surface area (Å²) in [5.41, 5.74) is 0.853. The molecule has 0 aliphatic carbocycles. The molecular weight excluding hydrogens is 272 g/mol. The van der Waals surface area contributed by atoms with Crippen molar-refractivity contribution in [2.24, 2.45) is 0 Å². The molecule has 2 rings (SSSR count). The fourth-order valence-corrected chi connectivity index (χ4v) is 2.83. The maximum absolute atomic E-state index is 10.2. The van der Waals surface area contributed by atoms with Gasteiger partial charge in [0.25, 0.3) is 0 Å². The SMILES string of the molecule is CCC(NCC(O)c1cccc(OC)c1)c1nccs1. The summed E-state index contributed by atoms with van der Waals surface area (Å²) in [7, 11) is 1.62. The Bertz CT molecular complexity index is 516. The van der Waals surface area contributed by atoms with E-state index in [1.165, 1.54) is 0 Å². The molecule has 0 fully saturated rings. The van der Waals surface area contributed by atoms with Gasteiger partial charge in [-0.25, -0.2) is 4.98 Å². The first-order chi connectivity index (χ1) is 9.74. The maximum atomic E-state index is 10.2. The van der Waals surface area contributed by atoms with Crippen LogP contribution >= 0.6 is 11.3 Å². The van der Waals surface area contributed by atoms with Gasteiger partial charge in [-0.3, -0.25) is 0 Å². The van der Waals surface area contributed by atoms with Crippen molar-refractivity contribution in [3.05, 3.63) is 46.4 Å². The lowest BCUT2D eigenvalue weighted by molar-refractivity contribution is 0.169. The monoisotopic (exact) mass is 292 g/mol. The van der Waals surface area contributed by atoms with Gasteiger partial charge in [0.1, 0.15) is 10.8 Å². The zero-order valence-corrected chi connectivity index (χ0v) is 12.6. The number of thiazole rings is 1. The topological polar surface area (TPSA) is 54.4 Å². The standard InChI is InChI=1S/C15H20N2O2S/c1-3-13(15-16-7-8-20-15)17-10-14(18)11-5-4-6-12(9-11)19-2/h4-9,13-14,17-18H,3,10H2,1-2H3. The van der Waals surface area contributed by atoms with Crippen LogP contribution in [-0.2, 0) is 0 Å². The summed E-state index contributed by atoms with van der Waals surface area (Å²) in [5.74, 6) is 0.758. The second-order valence-electron chi connectivity index (χ2n) is 4.53. The molecule has 108 valence electrons. The summed E-state index contributed by atoms with van der Waals surface area (Å²) in [6.07, 6.45) is 2.19. The third kappa shape index (κ3) is 3.79. The molecule has 2 atom stereocenters. The minimum Gasteiger partial charge on any atom is -0.497 e. The van der Waals surface area contributed by atoms with E-state index in [2.05, 4.69) is 17.2 Å². The van der Waals surface area contributed by atoms with Crippen LogP contribution < -0.4 is 10.1 Å². The van der Waals surface area contributed by atoms with Gasteiger partial charge in [-0.05, 0) is 24.1 Å². The largest absolute Gasteiger partial charge is 0.497 e. The number of methoxy groups -OCH3 is 1. The van der Waals surface area contributed by atoms with Gasteiger partial charge in [-0.15, -0.1) is 11.3 Å². The summed E-state index contributed by atoms with van der Waals surface area (Å²) < 4.78 is 5.17. The number of hydrogen-bond acceptors (Lipinski definition) is 5. The lowest BCUT2D eigenvalue weighted by Crippen LogP contribution is -2.26. The van der Waals surface area contributed by atoms with Crippen LogP contribution in [0.5, 0.6) is 5.75 Å². The number of ether oxygens (including phenoxy) is 1. The molecule has 2 aromatic rings. The Kier molecular flexibility index (Phi) is 5.52. The molecule has 0 aliphatic rings. The Labute approximate surface area is 123 Å². The number of aliphatic hydroxyl groups is 1. The molecule has 0 saturated carbocycles. The second-order valence-corrected chi connectivity index (χ2v) is 5.46. The predicted molar refractivity (Wildman–Crippen MR) is 81.1 cm³/mol. The molecule has 0 bridgehead atoms. The molecule has 0 amide bonds. The lowest BCUT2D eigenvalue weighted by atomic mass is 10.1. The van der Waals surface area contributed by atoms with Gasteiger partial charge in [0.05, 0.1) is 19.3 Å². The molecule has 20 heavy (non-hydrogen) atoms. The third-order valence-electron chi connectivity index (χ3n) is 3.19. The second kappa shape index (κ2) is 7.38. The van der Waals surface area contributed by atoms with Gasteiger partial charge in [-0.2, -0.15) is 0 Å². The van der Waals surface area contributed by atoms with E-state index >= 15 is 0 Å². The molecular formula is C15H20N2O2S. The first-order valence-electron chi connectivity index (χ1n) is 6.69. The Hall–Kier alpha value is -1.43. The molecule has 0 saturated heterocycles. The summed E-state index contributed by atoms with van der Waals surface area (Å²) in [6, 6.07) is 7.70. The van der Waals surface area contributed by atoms with Crippen LogP contribution in [0.3, 0.4) is 0 Å². The van der Waals surface area contributed by atoms with Crippen LogP contribution in [-0.4, -0.2) is 23.7 Å². The number of rotatable bonds is 7. The van der Waals surface area contributed by atoms with Crippen molar-refractivity contribution in [2.45, 2.75) is 25.5 Å². The minimum atomic E-state index is -0.556. The van der Waals surface area contributed by atoms with Crippen LogP contribution in [0.1, 0.15) is 36.1 Å². The molecule has 1 aromatic carbocycles. The molecule has 0 radical (unpaired) electrons. The Balaban J connectivity index is 1.95. The van der Waals surface area contributed by atoms with E-state index in [0.29, 0.717) is 6.54 Å². The third-order valence-corrected chi connectivity index (χ3v) is 4.08. The summed E-state index contributed by atoms with van der Waals surface area (Å²) in [4.78, 5) is 4.32. The van der Waals surface area contributed by atoms with Crippen LogP contribution in [0.15, 0.2) is 35.8 Å². The Morgan fingerprint density at radius 1 is 1.45 bits per heavy atom. The van der Waals surface area contributed by atoms with Crippen LogP contribution in [0, 0.1) is 0 Å². The number of aliphatic hydroxyl groups excluding tert-OH is 1. The van der Waals surface area contributed by atoms with Gasteiger partial charge in [-0.1, -0.05) is 19.1 Å². The number of nitrogens with zero attached hydrogens (tertiary/aromatic N) is 1. The highest BCUT2D eigenvalue weighted by atomic mass is 32.1. The van der Waals surface area contributed by atoms with Gasteiger partial charge >= 0.3 is 0 Å². The molecule has 4 nitrogen and oxygen atoms in total. The predicted octanol–water partition coefficient (Wildman–Crippen LogP) is 2.93. The number of aromatic nitrogens is 1. The molecule has 5 heteroatoms. The average Bonchev–Trinajstić information content (AvgIpc) is 3.02. The molecule has 1 aromatic heterocycles. The normalized spacial score (nSPS) is 13.9. The molecule has 2 unspecified atom stereocenters. The lowest BCUT2D eigenvalue weighted by Gasteiger charge is -2.18. The van der Waals surface area contributed by atoms with Crippen LogP contribution in [0.2, 0.25) is 0 Å². The summed E-state index contributed by atoms with van der Waals surface area (Å²) in [6.45, 7) is 2.60. The van der Waals surface area contributed by atoms with Crippen molar-refractivity contribution >= 4 is 11.3 Å². The quantitative estimate of drug-likeness (QED) is 0.824. The molecule has 0 spiro atoms. The number of hydrogen-bond donors (Lipinski definition) is 2. The molecule has 2 N–H and O–H groups in total. The van der Waals surface area contributed by atoms with E-state index in [4.69, 9.17) is 4.74 Å². The Morgan fingerprint density at radius 3 is 2.95 bits per heavy atom. The van der Waals surface area contributed by atoms with Crippen molar-refractivity contribution in [1.82, 2.24) is 10.3 Å². The molecule has 0 aliphatic heterocycles. The highest BCUT2D eigenvalue weighted by Gasteiger charge is 2.14. The van der Waals surface area contributed by atoms with E-state index in [-0.39, 0.29) is 6.04 Å². The fourth-order valence-electron chi connectivity index (χ4n) is 2.03. The van der Waals surface area contributed by atoms with E-state index in [0.717, 1.165) is 22.7 Å². The highest BCUT2D eigenvalue weighted by molar-refractivity contribution is 7.09. The van der Waals surface area contributed by atoms with E-state index in [1.54, 1.807) is 18.4 Å². The first kappa shape index (κ1) is 15.0.